The van der Waals surface area contributed by atoms with Crippen molar-refractivity contribution in [2.24, 2.45) is 5.92 Å². The van der Waals surface area contributed by atoms with Crippen molar-refractivity contribution >= 4 is 29.3 Å². The number of carbonyl (C=O) groups excluding carboxylic acids is 2. The van der Waals surface area contributed by atoms with Crippen molar-refractivity contribution in [1.29, 1.82) is 0 Å². The van der Waals surface area contributed by atoms with Crippen LogP contribution in [-0.2, 0) is 16.1 Å². The van der Waals surface area contributed by atoms with Crippen LogP contribution < -0.4 is 16.0 Å². The molecular weight excluding hydrogens is 568 g/mol. The molecule has 238 valence electrons. The number of carboxylic acids is 1. The average molecular weight is 613 g/mol. The van der Waals surface area contributed by atoms with Gasteiger partial charge < -0.3 is 25.8 Å². The van der Waals surface area contributed by atoms with Gasteiger partial charge in [-0.25, -0.2) is 9.59 Å². The molecule has 1 aliphatic heterocycles. The standard InChI is InChI=1S/C36H44N4O5/c1-23-19-24(2)32(25(3)20-23)39-36(44)37-31-21-29(27-11-9-26(10-12-27)22-40-15-17-45-18-16-40)13-14-30(31)34(41)38-33(35(42)43)28-7-5-4-6-8-28/h9-14,19-21,28,33H,4-8,15-18,22H2,1-3H3,(H,38,41)(H,42,43)(H2,37,39,44)/t33-/m0/s1. The van der Waals surface area contributed by atoms with Gasteiger partial charge in [-0.3, -0.25) is 9.69 Å². The van der Waals surface area contributed by atoms with Gasteiger partial charge in [0.2, 0.25) is 0 Å². The number of nitrogens with zero attached hydrogens (tertiary/aromatic N) is 1. The van der Waals surface area contributed by atoms with Crippen molar-refractivity contribution in [1.82, 2.24) is 10.2 Å². The molecule has 0 spiro atoms. The number of nitrogens with one attached hydrogen (secondary N) is 3. The van der Waals surface area contributed by atoms with Gasteiger partial charge in [0.15, 0.2) is 0 Å². The predicted octanol–water partition coefficient (Wildman–Crippen LogP) is 6.52. The molecule has 9 nitrogen and oxygen atoms in total. The van der Waals surface area contributed by atoms with E-state index in [1.54, 1.807) is 12.1 Å². The van der Waals surface area contributed by atoms with Crippen molar-refractivity contribution in [3.05, 3.63) is 82.4 Å². The molecule has 0 aromatic heterocycles. The Balaban J connectivity index is 1.40. The van der Waals surface area contributed by atoms with E-state index in [4.69, 9.17) is 4.74 Å². The summed E-state index contributed by atoms with van der Waals surface area (Å²) in [6.45, 7) is 10.0. The van der Waals surface area contributed by atoms with Gasteiger partial charge in [-0.15, -0.1) is 0 Å². The third kappa shape index (κ3) is 8.29. The van der Waals surface area contributed by atoms with Gasteiger partial charge in [-0.1, -0.05) is 67.3 Å². The van der Waals surface area contributed by atoms with Crippen LogP contribution in [0.2, 0.25) is 0 Å². The molecule has 1 atom stereocenters. The lowest BCUT2D eigenvalue weighted by atomic mass is 9.83. The van der Waals surface area contributed by atoms with Crippen molar-refractivity contribution < 1.29 is 24.2 Å². The second-order valence-corrected chi connectivity index (χ2v) is 12.4. The minimum atomic E-state index is -1.04. The van der Waals surface area contributed by atoms with E-state index in [9.17, 15) is 19.5 Å². The van der Waals surface area contributed by atoms with Crippen molar-refractivity contribution in [2.75, 3.05) is 36.9 Å². The number of hydrogen-bond donors (Lipinski definition) is 4. The number of amides is 3. The third-order valence-corrected chi connectivity index (χ3v) is 8.90. The average Bonchev–Trinajstić information content (AvgIpc) is 3.02. The highest BCUT2D eigenvalue weighted by atomic mass is 16.5. The lowest BCUT2D eigenvalue weighted by Gasteiger charge is -2.28. The van der Waals surface area contributed by atoms with Gasteiger partial charge in [0.1, 0.15) is 6.04 Å². The van der Waals surface area contributed by atoms with Crippen molar-refractivity contribution in [3.8, 4) is 11.1 Å². The third-order valence-electron chi connectivity index (χ3n) is 8.90. The van der Waals surface area contributed by atoms with Gasteiger partial charge in [-0.2, -0.15) is 0 Å². The number of hydrogen-bond acceptors (Lipinski definition) is 5. The maximum atomic E-state index is 13.6. The quantitative estimate of drug-likeness (QED) is 0.219. The minimum absolute atomic E-state index is 0.123. The van der Waals surface area contributed by atoms with Crippen LogP contribution in [0.1, 0.15) is 64.7 Å². The Morgan fingerprint density at radius 3 is 2.16 bits per heavy atom. The Morgan fingerprint density at radius 2 is 1.51 bits per heavy atom. The largest absolute Gasteiger partial charge is 0.480 e. The number of benzene rings is 3. The molecule has 2 aliphatic rings. The molecule has 9 heteroatoms. The summed E-state index contributed by atoms with van der Waals surface area (Å²) in [5.74, 6) is -1.69. The summed E-state index contributed by atoms with van der Waals surface area (Å²) in [6.07, 6.45) is 4.51. The summed E-state index contributed by atoms with van der Waals surface area (Å²) in [6, 6.07) is 16.1. The van der Waals surface area contributed by atoms with Crippen molar-refractivity contribution in [3.63, 3.8) is 0 Å². The Hall–Kier alpha value is -4.21. The van der Waals surface area contributed by atoms with E-state index < -0.39 is 23.9 Å². The molecule has 1 saturated carbocycles. The maximum absolute atomic E-state index is 13.6. The topological polar surface area (TPSA) is 120 Å². The van der Waals surface area contributed by atoms with Crippen LogP contribution in [0.4, 0.5) is 16.2 Å². The molecule has 4 N–H and O–H groups in total. The number of morpholine rings is 1. The highest BCUT2D eigenvalue weighted by Gasteiger charge is 2.31. The molecule has 2 fully saturated rings. The van der Waals surface area contributed by atoms with E-state index in [1.807, 2.05) is 51.1 Å². The van der Waals surface area contributed by atoms with Crippen LogP contribution in [0.25, 0.3) is 11.1 Å². The van der Waals surface area contributed by atoms with E-state index in [0.717, 1.165) is 92.8 Å². The fourth-order valence-corrected chi connectivity index (χ4v) is 6.56. The first-order valence-electron chi connectivity index (χ1n) is 15.9. The first kappa shape index (κ1) is 32.2. The predicted molar refractivity (Wildman–Crippen MR) is 177 cm³/mol. The van der Waals surface area contributed by atoms with E-state index in [1.165, 1.54) is 5.56 Å². The molecule has 1 saturated heterocycles. The number of carbonyl (C=O) groups is 3. The zero-order valence-corrected chi connectivity index (χ0v) is 26.4. The highest BCUT2D eigenvalue weighted by Crippen LogP contribution is 2.30. The summed E-state index contributed by atoms with van der Waals surface area (Å²) in [5, 5.41) is 18.6. The number of urea groups is 1. The van der Waals surface area contributed by atoms with E-state index in [0.29, 0.717) is 11.4 Å². The van der Waals surface area contributed by atoms with Crippen LogP contribution in [0.15, 0.2) is 54.6 Å². The molecule has 45 heavy (non-hydrogen) atoms. The number of rotatable bonds is 9. The zero-order chi connectivity index (χ0) is 31.9. The lowest BCUT2D eigenvalue weighted by Crippen LogP contribution is -2.46. The summed E-state index contributed by atoms with van der Waals surface area (Å²) >= 11 is 0. The van der Waals surface area contributed by atoms with Gasteiger partial charge in [0, 0.05) is 25.3 Å². The van der Waals surface area contributed by atoms with E-state index in [2.05, 4.69) is 33.0 Å². The fraction of sp³-hybridized carbons (Fsp3) is 0.417. The Morgan fingerprint density at radius 1 is 0.867 bits per heavy atom. The number of carboxylic acid groups (broad SMARTS) is 1. The Bertz CT molecular complexity index is 1500. The smallest absolute Gasteiger partial charge is 0.326 e. The van der Waals surface area contributed by atoms with E-state index in [-0.39, 0.29) is 11.5 Å². The molecule has 0 radical (unpaired) electrons. The van der Waals surface area contributed by atoms with Crippen LogP contribution in [0.5, 0.6) is 0 Å². The molecule has 1 aliphatic carbocycles. The van der Waals surface area contributed by atoms with Gasteiger partial charge in [0.25, 0.3) is 5.91 Å². The monoisotopic (exact) mass is 612 g/mol. The maximum Gasteiger partial charge on any atom is 0.326 e. The van der Waals surface area contributed by atoms with Crippen LogP contribution in [-0.4, -0.2) is 60.3 Å². The number of aryl methyl sites for hydroxylation is 3. The number of aliphatic carboxylic acids is 1. The number of anilines is 2. The molecule has 1 heterocycles. The van der Waals surface area contributed by atoms with Crippen LogP contribution >= 0.6 is 0 Å². The SMILES string of the molecule is Cc1cc(C)c(NC(=O)Nc2cc(-c3ccc(CN4CCOCC4)cc3)ccc2C(=O)N[C@H](C(=O)O)C2CCCCC2)c(C)c1. The molecular formula is C36H44N4O5. The van der Waals surface area contributed by atoms with Crippen molar-refractivity contribution in [2.45, 2.75) is 65.5 Å². The lowest BCUT2D eigenvalue weighted by molar-refractivity contribution is -0.141. The first-order chi connectivity index (χ1) is 21.7. The fourth-order valence-electron chi connectivity index (χ4n) is 6.56. The molecule has 3 aromatic rings. The zero-order valence-electron chi connectivity index (χ0n) is 26.4. The van der Waals surface area contributed by atoms with E-state index >= 15 is 0 Å². The number of ether oxygens (including phenoxy) is 1. The summed E-state index contributed by atoms with van der Waals surface area (Å²) in [7, 11) is 0. The Labute approximate surface area is 265 Å². The second-order valence-electron chi connectivity index (χ2n) is 12.4. The molecule has 0 bridgehead atoms. The molecule has 3 aromatic carbocycles. The van der Waals surface area contributed by atoms with Gasteiger partial charge >= 0.3 is 12.0 Å². The highest BCUT2D eigenvalue weighted by molar-refractivity contribution is 6.08. The molecule has 0 unspecified atom stereocenters. The summed E-state index contributed by atoms with van der Waals surface area (Å²) < 4.78 is 5.46. The second kappa shape index (κ2) is 14.7. The van der Waals surface area contributed by atoms with Gasteiger partial charge in [-0.05, 0) is 79.5 Å². The minimum Gasteiger partial charge on any atom is -0.480 e. The Kier molecular flexibility index (Phi) is 10.5. The van der Waals surface area contributed by atoms with Gasteiger partial charge in [0.05, 0.1) is 24.5 Å². The van der Waals surface area contributed by atoms with Crippen LogP contribution in [0, 0.1) is 26.7 Å². The summed E-state index contributed by atoms with van der Waals surface area (Å²) in [4.78, 5) is 41.5. The summed E-state index contributed by atoms with van der Waals surface area (Å²) in [5.41, 5.74) is 7.14. The first-order valence-corrected chi connectivity index (χ1v) is 15.9. The molecule has 5 rings (SSSR count). The normalized spacial score (nSPS) is 16.5. The molecule has 3 amide bonds. The van der Waals surface area contributed by atoms with Crippen LogP contribution in [0.3, 0.4) is 0 Å².